The van der Waals surface area contributed by atoms with Crippen molar-refractivity contribution in [1.82, 2.24) is 0 Å². The van der Waals surface area contributed by atoms with Crippen molar-refractivity contribution in [1.29, 1.82) is 0 Å². The highest BCUT2D eigenvalue weighted by atomic mass is 14.5. The Kier molecular flexibility index (Phi) is 2.69. The third-order valence-corrected chi connectivity index (χ3v) is 2.82. The Labute approximate surface area is 96.9 Å². The van der Waals surface area contributed by atoms with Crippen molar-refractivity contribution in [3.05, 3.63) is 53.1 Å². The molecule has 0 bridgehead atoms. The van der Waals surface area contributed by atoms with Gasteiger partial charge < -0.3 is 5.73 Å². The smallest absolute Gasteiger partial charge is 0.0344 e. The van der Waals surface area contributed by atoms with Gasteiger partial charge in [-0.25, -0.2) is 0 Å². The lowest BCUT2D eigenvalue weighted by Gasteiger charge is -2.07. The monoisotopic (exact) mass is 211 g/mol. The summed E-state index contributed by atoms with van der Waals surface area (Å²) in [5.41, 5.74) is 12.9. The molecule has 0 atom stereocenters. The van der Waals surface area contributed by atoms with Gasteiger partial charge in [0, 0.05) is 5.69 Å². The highest BCUT2D eigenvalue weighted by Gasteiger charge is 2.01. The Bertz CT molecular complexity index is 507. The van der Waals surface area contributed by atoms with E-state index >= 15 is 0 Å². The molecule has 0 saturated heterocycles. The second kappa shape index (κ2) is 4.01. The van der Waals surface area contributed by atoms with Crippen molar-refractivity contribution < 1.29 is 0 Å². The molecule has 16 heavy (non-hydrogen) atoms. The normalized spacial score (nSPS) is 10.4. The zero-order valence-corrected chi connectivity index (χ0v) is 10.0. The van der Waals surface area contributed by atoms with Crippen LogP contribution >= 0.6 is 0 Å². The maximum atomic E-state index is 5.83. The maximum Gasteiger partial charge on any atom is 0.0344 e. The SMILES string of the molecule is Cc1cc(C)cc(-c2ccc(N)c(C)c2)c1. The van der Waals surface area contributed by atoms with Gasteiger partial charge in [-0.3, -0.25) is 0 Å². The minimum Gasteiger partial charge on any atom is -0.399 e. The van der Waals surface area contributed by atoms with Crippen LogP contribution in [0.1, 0.15) is 16.7 Å². The lowest BCUT2D eigenvalue weighted by atomic mass is 9.99. The molecule has 2 rings (SSSR count). The Hall–Kier alpha value is -1.76. The van der Waals surface area contributed by atoms with E-state index in [1.807, 2.05) is 13.0 Å². The van der Waals surface area contributed by atoms with Crippen molar-refractivity contribution in [2.45, 2.75) is 20.8 Å². The van der Waals surface area contributed by atoms with E-state index in [-0.39, 0.29) is 0 Å². The van der Waals surface area contributed by atoms with Crippen molar-refractivity contribution in [2.24, 2.45) is 0 Å². The van der Waals surface area contributed by atoms with Gasteiger partial charge >= 0.3 is 0 Å². The fourth-order valence-electron chi connectivity index (χ4n) is 2.00. The summed E-state index contributed by atoms with van der Waals surface area (Å²) >= 11 is 0. The van der Waals surface area contributed by atoms with E-state index in [4.69, 9.17) is 5.73 Å². The molecule has 0 radical (unpaired) electrons. The van der Waals surface area contributed by atoms with Crippen LogP contribution < -0.4 is 5.73 Å². The van der Waals surface area contributed by atoms with Gasteiger partial charge in [-0.2, -0.15) is 0 Å². The standard InChI is InChI=1S/C15H17N/c1-10-6-11(2)8-14(7-10)13-4-5-15(16)12(3)9-13/h4-9H,16H2,1-3H3. The van der Waals surface area contributed by atoms with E-state index in [0.29, 0.717) is 0 Å². The minimum absolute atomic E-state index is 0.855. The lowest BCUT2D eigenvalue weighted by molar-refractivity contribution is 1.38. The Morgan fingerprint density at radius 3 is 1.94 bits per heavy atom. The molecule has 1 heteroatoms. The van der Waals surface area contributed by atoms with E-state index in [9.17, 15) is 0 Å². The zero-order valence-electron chi connectivity index (χ0n) is 10.0. The second-order valence-corrected chi connectivity index (χ2v) is 4.45. The number of rotatable bonds is 1. The minimum atomic E-state index is 0.855. The van der Waals surface area contributed by atoms with Crippen LogP contribution in [-0.2, 0) is 0 Å². The molecular weight excluding hydrogens is 194 g/mol. The van der Waals surface area contributed by atoms with Crippen LogP contribution in [-0.4, -0.2) is 0 Å². The van der Waals surface area contributed by atoms with Crippen LogP contribution in [0, 0.1) is 20.8 Å². The molecule has 0 saturated carbocycles. The molecule has 2 aromatic rings. The van der Waals surface area contributed by atoms with Gasteiger partial charge in [0.1, 0.15) is 0 Å². The first-order chi connectivity index (χ1) is 7.56. The highest BCUT2D eigenvalue weighted by Crippen LogP contribution is 2.25. The molecule has 0 amide bonds. The predicted octanol–water partition coefficient (Wildman–Crippen LogP) is 3.86. The van der Waals surface area contributed by atoms with Gasteiger partial charge in [-0.1, -0.05) is 35.4 Å². The van der Waals surface area contributed by atoms with E-state index in [2.05, 4.69) is 44.2 Å². The third kappa shape index (κ3) is 2.08. The quantitative estimate of drug-likeness (QED) is 0.712. The first-order valence-electron chi connectivity index (χ1n) is 5.51. The van der Waals surface area contributed by atoms with Gasteiger partial charge in [0.05, 0.1) is 0 Å². The first-order valence-corrected chi connectivity index (χ1v) is 5.51. The van der Waals surface area contributed by atoms with Crippen molar-refractivity contribution in [3.8, 4) is 11.1 Å². The van der Waals surface area contributed by atoms with Crippen LogP contribution in [0.25, 0.3) is 11.1 Å². The van der Waals surface area contributed by atoms with Gasteiger partial charge in [-0.05, 0) is 49.6 Å². The summed E-state index contributed by atoms with van der Waals surface area (Å²) < 4.78 is 0. The number of nitrogens with two attached hydrogens (primary N) is 1. The van der Waals surface area contributed by atoms with Crippen LogP contribution in [0.5, 0.6) is 0 Å². The van der Waals surface area contributed by atoms with Crippen molar-refractivity contribution in [3.63, 3.8) is 0 Å². The third-order valence-electron chi connectivity index (χ3n) is 2.82. The highest BCUT2D eigenvalue weighted by molar-refractivity contribution is 5.68. The molecule has 0 fully saturated rings. The molecular formula is C15H17N. The van der Waals surface area contributed by atoms with E-state index in [1.165, 1.54) is 22.3 Å². The molecule has 82 valence electrons. The fraction of sp³-hybridized carbons (Fsp3) is 0.200. The van der Waals surface area contributed by atoms with E-state index < -0.39 is 0 Å². The Morgan fingerprint density at radius 2 is 1.38 bits per heavy atom. The van der Waals surface area contributed by atoms with Gasteiger partial charge in [0.25, 0.3) is 0 Å². The van der Waals surface area contributed by atoms with Gasteiger partial charge in [0.15, 0.2) is 0 Å². The molecule has 1 nitrogen and oxygen atoms in total. The number of aryl methyl sites for hydroxylation is 3. The predicted molar refractivity (Wildman–Crippen MR) is 70.5 cm³/mol. The Balaban J connectivity index is 2.54. The van der Waals surface area contributed by atoms with Crippen LogP contribution in [0.3, 0.4) is 0 Å². The lowest BCUT2D eigenvalue weighted by Crippen LogP contribution is -1.90. The van der Waals surface area contributed by atoms with Gasteiger partial charge in [-0.15, -0.1) is 0 Å². The number of benzene rings is 2. The van der Waals surface area contributed by atoms with Crippen molar-refractivity contribution >= 4 is 5.69 Å². The number of hydrogen-bond acceptors (Lipinski definition) is 1. The molecule has 2 N–H and O–H groups in total. The zero-order chi connectivity index (χ0) is 11.7. The van der Waals surface area contributed by atoms with Crippen LogP contribution in [0.15, 0.2) is 36.4 Å². The number of nitrogen functional groups attached to an aromatic ring is 1. The number of hydrogen-bond donors (Lipinski definition) is 1. The van der Waals surface area contributed by atoms with Gasteiger partial charge in [0.2, 0.25) is 0 Å². The molecule has 0 aromatic heterocycles. The summed E-state index contributed by atoms with van der Waals surface area (Å²) in [5, 5.41) is 0. The molecule has 0 heterocycles. The number of anilines is 1. The second-order valence-electron chi connectivity index (χ2n) is 4.45. The van der Waals surface area contributed by atoms with Crippen LogP contribution in [0.4, 0.5) is 5.69 Å². The summed E-state index contributed by atoms with van der Waals surface area (Å²) in [7, 11) is 0. The van der Waals surface area contributed by atoms with E-state index in [0.717, 1.165) is 11.3 Å². The summed E-state index contributed by atoms with van der Waals surface area (Å²) in [5.74, 6) is 0. The average molecular weight is 211 g/mol. The summed E-state index contributed by atoms with van der Waals surface area (Å²) in [4.78, 5) is 0. The van der Waals surface area contributed by atoms with Crippen LogP contribution in [0.2, 0.25) is 0 Å². The first kappa shape index (κ1) is 10.7. The summed E-state index contributed by atoms with van der Waals surface area (Å²) in [6, 6.07) is 12.8. The van der Waals surface area contributed by atoms with Crippen molar-refractivity contribution in [2.75, 3.05) is 5.73 Å². The molecule has 0 aliphatic rings. The fourth-order valence-corrected chi connectivity index (χ4v) is 2.00. The molecule has 0 unspecified atom stereocenters. The maximum absolute atomic E-state index is 5.83. The average Bonchev–Trinajstić information content (AvgIpc) is 2.20. The molecule has 0 spiro atoms. The topological polar surface area (TPSA) is 26.0 Å². The summed E-state index contributed by atoms with van der Waals surface area (Å²) in [6.07, 6.45) is 0. The summed E-state index contributed by atoms with van der Waals surface area (Å²) in [6.45, 7) is 6.29. The molecule has 2 aromatic carbocycles. The largest absolute Gasteiger partial charge is 0.399 e. The molecule has 0 aliphatic heterocycles. The van der Waals surface area contributed by atoms with E-state index in [1.54, 1.807) is 0 Å². The molecule has 0 aliphatic carbocycles. The Morgan fingerprint density at radius 1 is 0.750 bits per heavy atom.